The van der Waals surface area contributed by atoms with Gasteiger partial charge in [-0.15, -0.1) is 0 Å². The monoisotopic (exact) mass is 194 g/mol. The Balaban J connectivity index is 2.64. The first kappa shape index (κ1) is 8.74. The standard InChI is InChI=1S/C10H10O4/c1-3-4-6-8-5-7(11)10(12-2)9(6)14-13-8/h3-5,11H,1-2H3/b4-3+. The molecule has 4 heteroatoms. The first-order valence-corrected chi connectivity index (χ1v) is 4.19. The van der Waals surface area contributed by atoms with E-state index < -0.39 is 0 Å². The Morgan fingerprint density at radius 2 is 2.21 bits per heavy atom. The number of aromatic hydroxyl groups is 1. The maximum absolute atomic E-state index is 9.50. The molecule has 0 saturated carbocycles. The normalized spacial score (nSPS) is 12.7. The van der Waals surface area contributed by atoms with Crippen LogP contribution in [-0.2, 0) is 0 Å². The maximum atomic E-state index is 9.50. The average molecular weight is 194 g/mol. The summed E-state index contributed by atoms with van der Waals surface area (Å²) in [4.78, 5) is 9.83. The summed E-state index contributed by atoms with van der Waals surface area (Å²) in [6.45, 7) is 1.89. The second-order valence-corrected chi connectivity index (χ2v) is 2.84. The summed E-state index contributed by atoms with van der Waals surface area (Å²) < 4.78 is 5.00. The molecule has 2 bridgehead atoms. The largest absolute Gasteiger partial charge is 0.504 e. The highest BCUT2D eigenvalue weighted by atomic mass is 17.2. The van der Waals surface area contributed by atoms with Crippen molar-refractivity contribution in [2.45, 2.75) is 6.92 Å². The van der Waals surface area contributed by atoms with E-state index >= 15 is 0 Å². The van der Waals surface area contributed by atoms with Crippen LogP contribution in [-0.4, -0.2) is 12.2 Å². The molecule has 2 rings (SSSR count). The van der Waals surface area contributed by atoms with Gasteiger partial charge in [-0.05, 0) is 6.92 Å². The number of allylic oxidation sites excluding steroid dienone is 1. The van der Waals surface area contributed by atoms with Gasteiger partial charge in [0.2, 0.25) is 11.5 Å². The van der Waals surface area contributed by atoms with E-state index in [1.165, 1.54) is 13.2 Å². The second kappa shape index (κ2) is 3.14. The summed E-state index contributed by atoms with van der Waals surface area (Å²) in [5.74, 6) is 1.22. The predicted molar refractivity (Wildman–Crippen MR) is 50.6 cm³/mol. The Morgan fingerprint density at radius 1 is 1.43 bits per heavy atom. The van der Waals surface area contributed by atoms with Crippen LogP contribution < -0.4 is 14.5 Å². The third kappa shape index (κ3) is 1.08. The van der Waals surface area contributed by atoms with Crippen LogP contribution in [0.4, 0.5) is 0 Å². The lowest BCUT2D eigenvalue weighted by Gasteiger charge is -2.03. The molecule has 0 fully saturated rings. The minimum Gasteiger partial charge on any atom is -0.504 e. The first-order valence-electron chi connectivity index (χ1n) is 4.19. The van der Waals surface area contributed by atoms with Gasteiger partial charge in [0.15, 0.2) is 11.5 Å². The molecule has 4 nitrogen and oxygen atoms in total. The van der Waals surface area contributed by atoms with Crippen molar-refractivity contribution >= 4 is 6.08 Å². The van der Waals surface area contributed by atoms with Crippen LogP contribution in [0.25, 0.3) is 6.08 Å². The summed E-state index contributed by atoms with van der Waals surface area (Å²) in [5.41, 5.74) is 0.780. The number of methoxy groups -OCH3 is 1. The molecule has 0 aromatic heterocycles. The molecule has 0 atom stereocenters. The van der Waals surface area contributed by atoms with E-state index in [1.807, 2.05) is 19.1 Å². The van der Waals surface area contributed by atoms with Gasteiger partial charge in [-0.1, -0.05) is 12.2 Å². The van der Waals surface area contributed by atoms with Crippen LogP contribution in [0.3, 0.4) is 0 Å². The minimum absolute atomic E-state index is 0.0169. The SMILES string of the molecule is C/C=C/c1c2cc(O)c(OC)c1OO2. The van der Waals surface area contributed by atoms with Crippen LogP contribution in [0.2, 0.25) is 0 Å². The Morgan fingerprint density at radius 3 is 2.86 bits per heavy atom. The number of rotatable bonds is 2. The van der Waals surface area contributed by atoms with Crippen molar-refractivity contribution in [2.75, 3.05) is 7.11 Å². The van der Waals surface area contributed by atoms with Crippen molar-refractivity contribution in [2.24, 2.45) is 0 Å². The number of hydrogen-bond acceptors (Lipinski definition) is 4. The van der Waals surface area contributed by atoms with Crippen molar-refractivity contribution in [3.63, 3.8) is 0 Å². The molecule has 0 aliphatic carbocycles. The highest BCUT2D eigenvalue weighted by Crippen LogP contribution is 2.49. The van der Waals surface area contributed by atoms with Gasteiger partial charge in [0.05, 0.1) is 12.7 Å². The van der Waals surface area contributed by atoms with Crippen LogP contribution in [0.1, 0.15) is 12.5 Å². The van der Waals surface area contributed by atoms with E-state index in [0.29, 0.717) is 17.2 Å². The van der Waals surface area contributed by atoms with Crippen molar-refractivity contribution < 1.29 is 19.6 Å². The molecule has 0 unspecified atom stereocenters. The Hall–Kier alpha value is -1.84. The molecule has 14 heavy (non-hydrogen) atoms. The molecule has 0 saturated heterocycles. The Kier molecular flexibility index (Phi) is 1.96. The van der Waals surface area contributed by atoms with Crippen LogP contribution in [0.5, 0.6) is 23.0 Å². The number of phenols is 1. The van der Waals surface area contributed by atoms with E-state index in [2.05, 4.69) is 0 Å². The average Bonchev–Trinajstić information content (AvgIpc) is 2.47. The molecule has 1 heterocycles. The third-order valence-corrected chi connectivity index (χ3v) is 1.97. The number of fused-ring (bicyclic) bond motifs is 2. The molecule has 1 aromatic rings. The lowest BCUT2D eigenvalue weighted by Crippen LogP contribution is -1.92. The van der Waals surface area contributed by atoms with Gasteiger partial charge < -0.3 is 9.84 Å². The van der Waals surface area contributed by atoms with Crippen molar-refractivity contribution in [3.05, 3.63) is 17.7 Å². The molecule has 74 valence electrons. The maximum Gasteiger partial charge on any atom is 0.235 e. The summed E-state index contributed by atoms with van der Waals surface area (Å²) >= 11 is 0. The third-order valence-electron chi connectivity index (χ3n) is 1.97. The Labute approximate surface area is 81.3 Å². The molecule has 1 N–H and O–H groups in total. The van der Waals surface area contributed by atoms with Gasteiger partial charge in [0, 0.05) is 6.07 Å². The van der Waals surface area contributed by atoms with E-state index in [4.69, 9.17) is 14.5 Å². The number of phenolic OH excluding ortho intramolecular Hbond substituents is 1. The molecule has 0 spiro atoms. The number of ether oxygens (including phenoxy) is 1. The van der Waals surface area contributed by atoms with Crippen molar-refractivity contribution in [1.82, 2.24) is 0 Å². The van der Waals surface area contributed by atoms with E-state index in [1.54, 1.807) is 0 Å². The molecular weight excluding hydrogens is 184 g/mol. The molecule has 1 aromatic carbocycles. The zero-order valence-electron chi connectivity index (χ0n) is 7.90. The number of benzene rings is 1. The quantitative estimate of drug-likeness (QED) is 0.732. The predicted octanol–water partition coefficient (Wildman–Crippen LogP) is 2.12. The zero-order chi connectivity index (χ0) is 10.1. The van der Waals surface area contributed by atoms with Crippen molar-refractivity contribution in [3.8, 4) is 23.0 Å². The summed E-state index contributed by atoms with van der Waals surface area (Å²) in [5, 5.41) is 9.50. The van der Waals surface area contributed by atoms with Crippen molar-refractivity contribution in [1.29, 1.82) is 0 Å². The van der Waals surface area contributed by atoms with Gasteiger partial charge in [-0.25, -0.2) is 0 Å². The van der Waals surface area contributed by atoms with E-state index in [-0.39, 0.29) is 5.75 Å². The van der Waals surface area contributed by atoms with Gasteiger partial charge in [0.1, 0.15) is 0 Å². The highest BCUT2D eigenvalue weighted by molar-refractivity contribution is 5.73. The van der Waals surface area contributed by atoms with Crippen LogP contribution >= 0.6 is 0 Å². The fourth-order valence-electron chi connectivity index (χ4n) is 1.38. The van der Waals surface area contributed by atoms with Crippen LogP contribution in [0, 0.1) is 0 Å². The zero-order valence-corrected chi connectivity index (χ0v) is 7.90. The lowest BCUT2D eigenvalue weighted by atomic mass is 10.1. The highest BCUT2D eigenvalue weighted by Gasteiger charge is 2.27. The summed E-state index contributed by atoms with van der Waals surface area (Å²) in [6.07, 6.45) is 3.69. The van der Waals surface area contributed by atoms with Gasteiger partial charge in [-0.3, -0.25) is 9.78 Å². The van der Waals surface area contributed by atoms with Gasteiger partial charge in [0.25, 0.3) is 0 Å². The minimum atomic E-state index is 0.0169. The fraction of sp³-hybridized carbons (Fsp3) is 0.200. The molecule has 1 aliphatic rings. The smallest absolute Gasteiger partial charge is 0.235 e. The molecular formula is C10H10O4. The lowest BCUT2D eigenvalue weighted by molar-refractivity contribution is -0.0860. The molecule has 0 radical (unpaired) electrons. The van der Waals surface area contributed by atoms with Crippen LogP contribution in [0.15, 0.2) is 12.1 Å². The number of hydrogen-bond donors (Lipinski definition) is 1. The van der Waals surface area contributed by atoms with Gasteiger partial charge in [-0.2, -0.15) is 0 Å². The summed E-state index contributed by atoms with van der Waals surface area (Å²) in [6, 6.07) is 1.46. The van der Waals surface area contributed by atoms with E-state index in [0.717, 1.165) is 5.56 Å². The molecule has 0 amide bonds. The fourth-order valence-corrected chi connectivity index (χ4v) is 1.38. The van der Waals surface area contributed by atoms with Gasteiger partial charge >= 0.3 is 0 Å². The molecule has 1 aliphatic heterocycles. The summed E-state index contributed by atoms with van der Waals surface area (Å²) in [7, 11) is 1.46. The first-order chi connectivity index (χ1) is 6.77. The Bertz CT molecular complexity index is 396. The topological polar surface area (TPSA) is 47.9 Å². The van der Waals surface area contributed by atoms with E-state index in [9.17, 15) is 5.11 Å². The second-order valence-electron chi connectivity index (χ2n) is 2.84.